The van der Waals surface area contributed by atoms with Crippen LogP contribution >= 0.6 is 23.8 Å². The third kappa shape index (κ3) is 4.05. The van der Waals surface area contributed by atoms with Crippen molar-refractivity contribution in [1.29, 1.82) is 0 Å². The summed E-state index contributed by atoms with van der Waals surface area (Å²) in [6, 6.07) is 9.76. The van der Waals surface area contributed by atoms with Crippen molar-refractivity contribution in [3.8, 4) is 0 Å². The minimum atomic E-state index is 0.628. The lowest BCUT2D eigenvalue weighted by Crippen LogP contribution is -2.30. The van der Waals surface area contributed by atoms with E-state index in [4.69, 9.17) is 23.8 Å². The smallest absolute Gasteiger partial charge is 0.170 e. The van der Waals surface area contributed by atoms with Gasteiger partial charge in [0.1, 0.15) is 0 Å². The van der Waals surface area contributed by atoms with Gasteiger partial charge in [-0.2, -0.15) is 0 Å². The lowest BCUT2D eigenvalue weighted by molar-refractivity contribution is 0.873. The summed E-state index contributed by atoms with van der Waals surface area (Å²) in [4.78, 5) is 2.96. The third-order valence-corrected chi connectivity index (χ3v) is 2.97. The molecule has 0 amide bonds. The number of hydrogen-bond donors (Lipinski definition) is 3. The minimum Gasteiger partial charge on any atom is -0.366 e. The highest BCUT2D eigenvalue weighted by Crippen LogP contribution is 2.09. The van der Waals surface area contributed by atoms with Crippen molar-refractivity contribution in [2.45, 2.75) is 6.42 Å². The van der Waals surface area contributed by atoms with Gasteiger partial charge in [0.25, 0.3) is 0 Å². The monoisotopic (exact) mass is 279 g/mol. The molecule has 1 aromatic heterocycles. The van der Waals surface area contributed by atoms with Crippen LogP contribution in [0.5, 0.6) is 0 Å². The maximum atomic E-state index is 5.83. The third-order valence-electron chi connectivity index (χ3n) is 2.47. The summed E-state index contributed by atoms with van der Waals surface area (Å²) in [6.07, 6.45) is 4.61. The first-order valence-corrected chi connectivity index (χ1v) is 6.45. The van der Waals surface area contributed by atoms with Gasteiger partial charge in [0.15, 0.2) is 5.11 Å². The predicted octanol–water partition coefficient (Wildman–Crippen LogP) is 3.20. The second-order valence-corrected chi connectivity index (χ2v) is 4.70. The number of hydrogen-bond acceptors (Lipinski definition) is 1. The van der Waals surface area contributed by atoms with Gasteiger partial charge in [-0.05, 0) is 42.4 Å². The second-order valence-electron chi connectivity index (χ2n) is 3.86. The van der Waals surface area contributed by atoms with Gasteiger partial charge in [0.2, 0.25) is 0 Å². The fraction of sp³-hybridized carbons (Fsp3) is 0.154. The summed E-state index contributed by atoms with van der Waals surface area (Å²) in [5.41, 5.74) is 2.19. The molecule has 0 aliphatic heterocycles. The summed E-state index contributed by atoms with van der Waals surface area (Å²) < 4.78 is 0. The molecule has 0 atom stereocenters. The molecule has 1 aromatic carbocycles. The summed E-state index contributed by atoms with van der Waals surface area (Å²) >= 11 is 11.0. The standard InChI is InChI=1S/C13H14ClN3S/c14-11-3-1-10(2-4-11)5-8-16-13(18)17-12-6-7-15-9-12/h1-4,6-7,9,15H,5,8H2,(H2,16,17,18). The van der Waals surface area contributed by atoms with Gasteiger partial charge in [0, 0.05) is 24.0 Å². The average Bonchev–Trinajstić information content (AvgIpc) is 2.84. The van der Waals surface area contributed by atoms with Crippen LogP contribution in [-0.4, -0.2) is 16.6 Å². The topological polar surface area (TPSA) is 39.8 Å². The van der Waals surface area contributed by atoms with E-state index in [1.165, 1.54) is 5.56 Å². The van der Waals surface area contributed by atoms with Crippen LogP contribution < -0.4 is 10.6 Å². The van der Waals surface area contributed by atoms with E-state index < -0.39 is 0 Å². The van der Waals surface area contributed by atoms with E-state index in [1.807, 2.05) is 42.7 Å². The Morgan fingerprint density at radius 3 is 2.67 bits per heavy atom. The Morgan fingerprint density at radius 1 is 1.22 bits per heavy atom. The molecule has 5 heteroatoms. The molecule has 2 aromatic rings. The van der Waals surface area contributed by atoms with Crippen molar-refractivity contribution in [2.24, 2.45) is 0 Å². The molecule has 0 unspecified atom stereocenters. The van der Waals surface area contributed by atoms with Crippen LogP contribution in [0, 0.1) is 0 Å². The van der Waals surface area contributed by atoms with Crippen LogP contribution in [0.4, 0.5) is 5.69 Å². The van der Waals surface area contributed by atoms with Crippen molar-refractivity contribution in [2.75, 3.05) is 11.9 Å². The fourth-order valence-corrected chi connectivity index (χ4v) is 1.89. The highest BCUT2D eigenvalue weighted by atomic mass is 35.5. The number of nitrogens with one attached hydrogen (secondary N) is 3. The number of anilines is 1. The molecule has 3 nitrogen and oxygen atoms in total. The first kappa shape index (κ1) is 12.9. The normalized spacial score (nSPS) is 10.1. The van der Waals surface area contributed by atoms with Crippen LogP contribution in [0.1, 0.15) is 5.56 Å². The molecule has 0 spiro atoms. The van der Waals surface area contributed by atoms with Gasteiger partial charge < -0.3 is 15.6 Å². The molecule has 0 aliphatic rings. The van der Waals surface area contributed by atoms with Crippen molar-refractivity contribution in [1.82, 2.24) is 10.3 Å². The first-order valence-electron chi connectivity index (χ1n) is 5.66. The predicted molar refractivity (Wildman–Crippen MR) is 80.2 cm³/mol. The van der Waals surface area contributed by atoms with Crippen LogP contribution in [0.15, 0.2) is 42.7 Å². The SMILES string of the molecule is S=C(NCCc1ccc(Cl)cc1)Nc1cc[nH]c1. The molecule has 1 heterocycles. The van der Waals surface area contributed by atoms with E-state index >= 15 is 0 Å². The summed E-state index contributed by atoms with van der Waals surface area (Å²) in [5, 5.41) is 7.63. The number of aromatic nitrogens is 1. The van der Waals surface area contributed by atoms with Crippen LogP contribution in [-0.2, 0) is 6.42 Å². The van der Waals surface area contributed by atoms with Gasteiger partial charge in [-0.3, -0.25) is 0 Å². The number of rotatable bonds is 4. The van der Waals surface area contributed by atoms with E-state index in [1.54, 1.807) is 0 Å². The Balaban J connectivity index is 1.72. The second kappa shape index (κ2) is 6.42. The van der Waals surface area contributed by atoms with E-state index in [0.717, 1.165) is 23.7 Å². The Kier molecular flexibility index (Phi) is 4.61. The average molecular weight is 280 g/mol. The molecule has 3 N–H and O–H groups in total. The van der Waals surface area contributed by atoms with Gasteiger partial charge in [-0.1, -0.05) is 23.7 Å². The summed E-state index contributed by atoms with van der Waals surface area (Å²) in [5.74, 6) is 0. The van der Waals surface area contributed by atoms with Crippen LogP contribution in [0.2, 0.25) is 5.02 Å². The summed E-state index contributed by atoms with van der Waals surface area (Å²) in [6.45, 7) is 0.790. The van der Waals surface area contributed by atoms with Gasteiger partial charge >= 0.3 is 0 Å². The molecule has 0 aliphatic carbocycles. The van der Waals surface area contributed by atoms with E-state index in [-0.39, 0.29) is 0 Å². The minimum absolute atomic E-state index is 0.628. The largest absolute Gasteiger partial charge is 0.366 e. The summed E-state index contributed by atoms with van der Waals surface area (Å²) in [7, 11) is 0. The Bertz CT molecular complexity index is 493. The Morgan fingerprint density at radius 2 is 2.00 bits per heavy atom. The van der Waals surface area contributed by atoms with E-state index in [0.29, 0.717) is 5.11 Å². The zero-order chi connectivity index (χ0) is 12.8. The Hall–Kier alpha value is -1.52. The zero-order valence-electron chi connectivity index (χ0n) is 9.74. The lowest BCUT2D eigenvalue weighted by Gasteiger charge is -2.09. The lowest BCUT2D eigenvalue weighted by atomic mass is 10.1. The molecular weight excluding hydrogens is 266 g/mol. The molecule has 0 saturated heterocycles. The van der Waals surface area contributed by atoms with E-state index in [9.17, 15) is 0 Å². The fourth-order valence-electron chi connectivity index (χ4n) is 1.55. The maximum Gasteiger partial charge on any atom is 0.170 e. The number of thiocarbonyl (C=S) groups is 1. The molecule has 2 rings (SSSR count). The Labute approximate surface area is 117 Å². The first-order chi connectivity index (χ1) is 8.74. The quantitative estimate of drug-likeness (QED) is 0.753. The molecule has 0 fully saturated rings. The van der Waals surface area contributed by atoms with Crippen LogP contribution in [0.3, 0.4) is 0 Å². The number of benzene rings is 1. The highest BCUT2D eigenvalue weighted by Gasteiger charge is 1.98. The van der Waals surface area contributed by atoms with Crippen LogP contribution in [0.25, 0.3) is 0 Å². The number of aromatic amines is 1. The maximum absolute atomic E-state index is 5.83. The van der Waals surface area contributed by atoms with Crippen molar-refractivity contribution in [3.05, 3.63) is 53.3 Å². The molecule has 0 saturated carbocycles. The number of halogens is 1. The van der Waals surface area contributed by atoms with Gasteiger partial charge in [-0.25, -0.2) is 0 Å². The molecule has 0 radical (unpaired) electrons. The van der Waals surface area contributed by atoms with Gasteiger partial charge in [-0.15, -0.1) is 0 Å². The molecule has 18 heavy (non-hydrogen) atoms. The van der Waals surface area contributed by atoms with Crippen molar-refractivity contribution >= 4 is 34.6 Å². The van der Waals surface area contributed by atoms with Gasteiger partial charge in [0.05, 0.1) is 5.69 Å². The number of H-pyrrole nitrogens is 1. The van der Waals surface area contributed by atoms with E-state index in [2.05, 4.69) is 15.6 Å². The zero-order valence-corrected chi connectivity index (χ0v) is 11.3. The molecular formula is C13H14ClN3S. The van der Waals surface area contributed by atoms with Crippen molar-refractivity contribution in [3.63, 3.8) is 0 Å². The van der Waals surface area contributed by atoms with Crippen molar-refractivity contribution < 1.29 is 0 Å². The molecule has 0 bridgehead atoms. The molecule has 94 valence electrons. The highest BCUT2D eigenvalue weighted by molar-refractivity contribution is 7.80.